The Bertz CT molecular complexity index is 469. The van der Waals surface area contributed by atoms with E-state index in [0.717, 1.165) is 5.56 Å². The fourth-order valence-electron chi connectivity index (χ4n) is 1.98. The minimum absolute atomic E-state index is 0.0630. The van der Waals surface area contributed by atoms with E-state index in [1.165, 1.54) is 0 Å². The van der Waals surface area contributed by atoms with Gasteiger partial charge in [-0.15, -0.1) is 0 Å². The summed E-state index contributed by atoms with van der Waals surface area (Å²) in [6, 6.07) is 9.19. The molecule has 0 radical (unpaired) electrons. The first-order valence-corrected chi connectivity index (χ1v) is 6.04. The zero-order valence-corrected chi connectivity index (χ0v) is 10.3. The Hall–Kier alpha value is -1.91. The van der Waals surface area contributed by atoms with Crippen LogP contribution in [0.4, 0.5) is 8.78 Å². The predicted molar refractivity (Wildman–Crippen MR) is 64.2 cm³/mol. The van der Waals surface area contributed by atoms with Crippen LogP contribution in [0.25, 0.3) is 0 Å². The van der Waals surface area contributed by atoms with Crippen molar-refractivity contribution in [2.24, 2.45) is 0 Å². The van der Waals surface area contributed by atoms with Gasteiger partial charge >= 0.3 is 12.6 Å². The number of allylic oxidation sites excluding steroid dienone is 1. The molecule has 102 valence electrons. The maximum Gasteiger partial charge on any atom is 0.387 e. The molecule has 1 aromatic rings. The van der Waals surface area contributed by atoms with Crippen LogP contribution in [0.15, 0.2) is 41.7 Å². The van der Waals surface area contributed by atoms with Crippen molar-refractivity contribution in [1.29, 1.82) is 0 Å². The smallest absolute Gasteiger partial charge is 0.387 e. The average Bonchev–Trinajstić information content (AvgIpc) is 2.84. The lowest BCUT2D eigenvalue weighted by atomic mass is 10.2. The van der Waals surface area contributed by atoms with Gasteiger partial charge in [0, 0.05) is 6.42 Å². The van der Waals surface area contributed by atoms with Gasteiger partial charge in [-0.2, -0.15) is 8.78 Å². The molecule has 0 N–H and O–H groups in total. The molecule has 3 nitrogen and oxygen atoms in total. The number of alkyl halides is 2. The van der Waals surface area contributed by atoms with E-state index in [4.69, 9.17) is 4.74 Å². The summed E-state index contributed by atoms with van der Waals surface area (Å²) >= 11 is 0. The number of carbonyl (C=O) groups excluding carboxylic acids is 1. The average molecular weight is 268 g/mol. The van der Waals surface area contributed by atoms with E-state index in [1.807, 2.05) is 30.3 Å². The third-order valence-electron chi connectivity index (χ3n) is 2.86. The van der Waals surface area contributed by atoms with Crippen LogP contribution in [-0.4, -0.2) is 12.6 Å². The molecule has 0 unspecified atom stereocenters. The minimum atomic E-state index is -2.90. The number of halogens is 2. The van der Waals surface area contributed by atoms with Crippen LogP contribution in [0, 0.1) is 0 Å². The van der Waals surface area contributed by atoms with Crippen molar-refractivity contribution in [3.05, 3.63) is 47.2 Å². The fraction of sp³-hybridized carbons (Fsp3) is 0.357. The fourth-order valence-corrected chi connectivity index (χ4v) is 1.98. The van der Waals surface area contributed by atoms with E-state index >= 15 is 0 Å². The van der Waals surface area contributed by atoms with Gasteiger partial charge in [0.15, 0.2) is 0 Å². The van der Waals surface area contributed by atoms with Crippen molar-refractivity contribution >= 4 is 5.97 Å². The van der Waals surface area contributed by atoms with Gasteiger partial charge < -0.3 is 9.47 Å². The predicted octanol–water partition coefficient (Wildman–Crippen LogP) is 3.41. The van der Waals surface area contributed by atoms with Crippen LogP contribution in [0.5, 0.6) is 0 Å². The second-order valence-electron chi connectivity index (χ2n) is 4.20. The third kappa shape index (κ3) is 3.77. The normalized spacial score (nSPS) is 14.9. The van der Waals surface area contributed by atoms with Gasteiger partial charge in [-0.05, 0) is 18.4 Å². The van der Waals surface area contributed by atoms with Crippen molar-refractivity contribution in [3.63, 3.8) is 0 Å². The van der Waals surface area contributed by atoms with Gasteiger partial charge in [-0.3, -0.25) is 0 Å². The molecule has 0 heterocycles. The monoisotopic (exact) mass is 268 g/mol. The van der Waals surface area contributed by atoms with Crippen molar-refractivity contribution in [1.82, 2.24) is 0 Å². The maximum absolute atomic E-state index is 12.2. The van der Waals surface area contributed by atoms with Gasteiger partial charge in [0.25, 0.3) is 0 Å². The van der Waals surface area contributed by atoms with E-state index in [2.05, 4.69) is 4.74 Å². The standard InChI is InChI=1S/C14H14F2O3/c15-14(16)19-12-8-4-7-11(12)13(17)18-9-10-5-2-1-3-6-10/h1-3,5-6,14H,4,7-9H2. The topological polar surface area (TPSA) is 35.5 Å². The van der Waals surface area contributed by atoms with Crippen molar-refractivity contribution < 1.29 is 23.0 Å². The molecule has 0 aliphatic heterocycles. The summed E-state index contributed by atoms with van der Waals surface area (Å²) < 4.78 is 33.8. The van der Waals surface area contributed by atoms with Crippen molar-refractivity contribution in [2.75, 3.05) is 0 Å². The molecule has 1 aliphatic rings. The Morgan fingerprint density at radius 3 is 2.63 bits per heavy atom. The van der Waals surface area contributed by atoms with Crippen LogP contribution in [0.3, 0.4) is 0 Å². The molecule has 0 saturated heterocycles. The minimum Gasteiger partial charge on any atom is -0.457 e. The summed E-state index contributed by atoms with van der Waals surface area (Å²) in [7, 11) is 0. The van der Waals surface area contributed by atoms with E-state index in [9.17, 15) is 13.6 Å². The number of ether oxygens (including phenoxy) is 2. The Morgan fingerprint density at radius 2 is 1.95 bits per heavy atom. The summed E-state index contributed by atoms with van der Waals surface area (Å²) in [5, 5.41) is 0. The highest BCUT2D eigenvalue weighted by Crippen LogP contribution is 2.29. The summed E-state index contributed by atoms with van der Waals surface area (Å²) in [4.78, 5) is 11.8. The molecule has 1 aliphatic carbocycles. The van der Waals surface area contributed by atoms with Crippen LogP contribution >= 0.6 is 0 Å². The molecule has 0 bridgehead atoms. The van der Waals surface area contributed by atoms with Crippen LogP contribution in [0.1, 0.15) is 24.8 Å². The zero-order valence-electron chi connectivity index (χ0n) is 10.3. The van der Waals surface area contributed by atoms with E-state index in [-0.39, 0.29) is 17.9 Å². The molecule has 19 heavy (non-hydrogen) atoms. The molecule has 0 spiro atoms. The number of esters is 1. The van der Waals surface area contributed by atoms with Gasteiger partial charge in [0.1, 0.15) is 12.4 Å². The lowest BCUT2D eigenvalue weighted by molar-refractivity contribution is -0.141. The SMILES string of the molecule is O=C(OCc1ccccc1)C1=C(OC(F)F)CCC1. The number of rotatable bonds is 5. The number of hydrogen-bond donors (Lipinski definition) is 0. The number of benzene rings is 1. The van der Waals surface area contributed by atoms with E-state index in [1.54, 1.807) is 0 Å². The second kappa shape index (κ2) is 6.31. The molecule has 2 rings (SSSR count). The van der Waals surface area contributed by atoms with Crippen molar-refractivity contribution in [2.45, 2.75) is 32.5 Å². The maximum atomic E-state index is 12.2. The van der Waals surface area contributed by atoms with Crippen LogP contribution in [0.2, 0.25) is 0 Å². The first kappa shape index (κ1) is 13.5. The van der Waals surface area contributed by atoms with E-state index in [0.29, 0.717) is 19.3 Å². The highest BCUT2D eigenvalue weighted by molar-refractivity contribution is 5.89. The highest BCUT2D eigenvalue weighted by atomic mass is 19.3. The van der Waals surface area contributed by atoms with E-state index < -0.39 is 12.6 Å². The molecule has 0 saturated carbocycles. The lowest BCUT2D eigenvalue weighted by Crippen LogP contribution is -2.10. The molecule has 0 fully saturated rings. The number of carbonyl (C=O) groups is 1. The Labute approximate surface area is 109 Å². The van der Waals surface area contributed by atoms with Gasteiger partial charge in [0.05, 0.1) is 5.57 Å². The molecular weight excluding hydrogens is 254 g/mol. The summed E-state index contributed by atoms with van der Waals surface area (Å²) in [6.45, 7) is -2.77. The Kier molecular flexibility index (Phi) is 4.49. The quantitative estimate of drug-likeness (QED) is 0.768. The number of hydrogen-bond acceptors (Lipinski definition) is 3. The van der Waals surface area contributed by atoms with Gasteiger partial charge in [-0.25, -0.2) is 4.79 Å². The Morgan fingerprint density at radius 1 is 1.21 bits per heavy atom. The lowest BCUT2D eigenvalue weighted by Gasteiger charge is -2.09. The second-order valence-corrected chi connectivity index (χ2v) is 4.20. The molecule has 0 aromatic heterocycles. The molecule has 5 heteroatoms. The zero-order chi connectivity index (χ0) is 13.7. The molecule has 0 amide bonds. The third-order valence-corrected chi connectivity index (χ3v) is 2.86. The largest absolute Gasteiger partial charge is 0.457 e. The molecule has 0 atom stereocenters. The van der Waals surface area contributed by atoms with Crippen LogP contribution in [-0.2, 0) is 20.9 Å². The summed E-state index contributed by atoms with van der Waals surface area (Å²) in [6.07, 6.45) is 1.42. The first-order valence-electron chi connectivity index (χ1n) is 6.04. The Balaban J connectivity index is 1.95. The molecule has 1 aromatic carbocycles. The highest BCUT2D eigenvalue weighted by Gasteiger charge is 2.25. The first-order chi connectivity index (χ1) is 9.16. The van der Waals surface area contributed by atoms with Crippen LogP contribution < -0.4 is 0 Å². The summed E-state index contributed by atoms with van der Waals surface area (Å²) in [5.41, 5.74) is 1.09. The van der Waals surface area contributed by atoms with Gasteiger partial charge in [-0.1, -0.05) is 30.3 Å². The summed E-state index contributed by atoms with van der Waals surface area (Å²) in [5.74, 6) is -0.509. The van der Waals surface area contributed by atoms with Gasteiger partial charge in [0.2, 0.25) is 0 Å². The molecular formula is C14H14F2O3. The van der Waals surface area contributed by atoms with Crippen molar-refractivity contribution in [3.8, 4) is 0 Å².